The van der Waals surface area contributed by atoms with Crippen LogP contribution in [0.25, 0.3) is 22.3 Å². The van der Waals surface area contributed by atoms with Crippen molar-refractivity contribution in [2.75, 3.05) is 6.61 Å². The van der Waals surface area contributed by atoms with Crippen molar-refractivity contribution in [3.05, 3.63) is 63.8 Å². The number of cyclic esters (lactones) is 1. The summed E-state index contributed by atoms with van der Waals surface area (Å²) in [6.07, 6.45) is -9.37. The van der Waals surface area contributed by atoms with Gasteiger partial charge in [0, 0.05) is 23.1 Å². The van der Waals surface area contributed by atoms with Crippen LogP contribution in [0.3, 0.4) is 0 Å². The number of aliphatic hydroxyl groups excluding tert-OH is 3. The van der Waals surface area contributed by atoms with Crippen molar-refractivity contribution in [3.8, 4) is 51.6 Å². The summed E-state index contributed by atoms with van der Waals surface area (Å²) in [6, 6.07) is 8.14. The van der Waals surface area contributed by atoms with E-state index in [0.717, 1.165) is 18.2 Å². The van der Waals surface area contributed by atoms with Gasteiger partial charge in [0.05, 0.1) is 6.42 Å². The third-order valence-corrected chi connectivity index (χ3v) is 7.79. The van der Waals surface area contributed by atoms with Crippen LogP contribution in [0.15, 0.2) is 51.7 Å². The van der Waals surface area contributed by atoms with Crippen LogP contribution in [0.5, 0.6) is 40.2 Å². The summed E-state index contributed by atoms with van der Waals surface area (Å²) < 4.78 is 22.3. The Morgan fingerprint density at radius 3 is 2.18 bits per heavy atom. The number of aromatic hydroxyl groups is 6. The first-order chi connectivity index (χ1) is 21.3. The molecule has 15 nitrogen and oxygen atoms in total. The minimum atomic E-state index is -1.91. The van der Waals surface area contributed by atoms with E-state index >= 15 is 0 Å². The Balaban J connectivity index is 1.65. The van der Waals surface area contributed by atoms with Crippen LogP contribution in [0, 0.1) is 0 Å². The summed E-state index contributed by atoms with van der Waals surface area (Å²) in [7, 11) is 0. The number of benzene rings is 3. The van der Waals surface area contributed by atoms with Crippen LogP contribution in [-0.4, -0.2) is 89.2 Å². The molecule has 1 saturated heterocycles. The van der Waals surface area contributed by atoms with Crippen molar-refractivity contribution in [1.29, 1.82) is 0 Å². The van der Waals surface area contributed by atoms with Gasteiger partial charge in [-0.15, -0.1) is 0 Å². The van der Waals surface area contributed by atoms with E-state index in [4.69, 9.17) is 18.6 Å². The minimum Gasteiger partial charge on any atom is -0.508 e. The number of aliphatic hydroxyl groups is 3. The van der Waals surface area contributed by atoms with Gasteiger partial charge in [-0.3, -0.25) is 9.59 Å². The maximum absolute atomic E-state index is 13.4. The number of hydrogen-bond acceptors (Lipinski definition) is 15. The van der Waals surface area contributed by atoms with Crippen LogP contribution in [0.1, 0.15) is 23.5 Å². The molecular formula is C30H26O15. The van der Waals surface area contributed by atoms with Gasteiger partial charge >= 0.3 is 5.97 Å². The quantitative estimate of drug-likeness (QED) is 0.105. The molecule has 3 heterocycles. The van der Waals surface area contributed by atoms with Crippen molar-refractivity contribution < 1.29 is 69.4 Å². The number of carbonyl (C=O) groups is 1. The van der Waals surface area contributed by atoms with E-state index in [2.05, 4.69) is 0 Å². The molecule has 6 rings (SSSR count). The van der Waals surface area contributed by atoms with Crippen LogP contribution < -0.4 is 10.2 Å². The first-order valence-corrected chi connectivity index (χ1v) is 13.5. The molecule has 0 aliphatic carbocycles. The number of carbonyl (C=O) groups excluding carboxylic acids is 1. The van der Waals surface area contributed by atoms with Crippen LogP contribution in [0.4, 0.5) is 0 Å². The van der Waals surface area contributed by atoms with E-state index in [1.807, 2.05) is 0 Å². The molecule has 0 radical (unpaired) electrons. The highest BCUT2D eigenvalue weighted by molar-refractivity contribution is 5.92. The Morgan fingerprint density at radius 2 is 1.47 bits per heavy atom. The van der Waals surface area contributed by atoms with Gasteiger partial charge in [-0.25, -0.2) is 0 Å². The minimum absolute atomic E-state index is 0.128. The van der Waals surface area contributed by atoms with Gasteiger partial charge < -0.3 is 64.6 Å². The van der Waals surface area contributed by atoms with E-state index in [0.29, 0.717) is 5.56 Å². The van der Waals surface area contributed by atoms with Crippen LogP contribution in [0.2, 0.25) is 0 Å². The second-order valence-electron chi connectivity index (χ2n) is 10.6. The van der Waals surface area contributed by atoms with Crippen molar-refractivity contribution >= 4 is 16.9 Å². The van der Waals surface area contributed by atoms with E-state index < -0.39 is 112 Å². The lowest BCUT2D eigenvalue weighted by Crippen LogP contribution is -2.60. The van der Waals surface area contributed by atoms with E-state index in [1.54, 1.807) is 0 Å². The first-order valence-electron chi connectivity index (χ1n) is 13.5. The van der Waals surface area contributed by atoms with Gasteiger partial charge in [-0.2, -0.15) is 0 Å². The Bertz CT molecular complexity index is 1860. The fourth-order valence-electron chi connectivity index (χ4n) is 5.46. The lowest BCUT2D eigenvalue weighted by atomic mass is 9.86. The average Bonchev–Trinajstić information content (AvgIpc) is 2.99. The summed E-state index contributed by atoms with van der Waals surface area (Å²) in [5.74, 6) is -7.66. The molecule has 0 spiro atoms. The molecule has 0 unspecified atom stereocenters. The zero-order valence-electron chi connectivity index (χ0n) is 22.9. The number of fused-ring (bicyclic) bond motifs is 6. The zero-order valence-corrected chi connectivity index (χ0v) is 22.9. The molecule has 3 aromatic carbocycles. The smallest absolute Gasteiger partial charge is 0.306 e. The lowest BCUT2D eigenvalue weighted by molar-refractivity contribution is -0.278. The Morgan fingerprint density at radius 1 is 0.756 bits per heavy atom. The largest absolute Gasteiger partial charge is 0.508 e. The normalized spacial score (nSPS) is 25.1. The topological polar surface area (TPSA) is 257 Å². The van der Waals surface area contributed by atoms with Gasteiger partial charge in [0.1, 0.15) is 59.2 Å². The lowest BCUT2D eigenvalue weighted by Gasteiger charge is -2.40. The Labute approximate surface area is 251 Å². The van der Waals surface area contributed by atoms with E-state index in [1.165, 1.54) is 24.3 Å². The number of phenols is 5. The summed E-state index contributed by atoms with van der Waals surface area (Å²) >= 11 is 0. The van der Waals surface area contributed by atoms with Gasteiger partial charge in [0.2, 0.25) is 23.2 Å². The Hall–Kier alpha value is -5.22. The molecule has 15 heteroatoms. The molecule has 4 aromatic rings. The molecule has 1 aromatic heterocycles. The molecule has 9 N–H and O–H groups in total. The summed E-state index contributed by atoms with van der Waals surface area (Å²) in [5.41, 5.74) is -1.81. The molecule has 2 aliphatic heterocycles. The molecule has 6 atom stereocenters. The predicted molar refractivity (Wildman–Crippen MR) is 149 cm³/mol. The van der Waals surface area contributed by atoms with Crippen molar-refractivity contribution in [2.24, 2.45) is 0 Å². The number of rotatable bonds is 1. The number of esters is 1. The molecule has 0 amide bonds. The number of hydrogen-bond donors (Lipinski definition) is 9. The molecular weight excluding hydrogens is 600 g/mol. The molecule has 45 heavy (non-hydrogen) atoms. The number of ether oxygens (including phenoxy) is 3. The standard InChI is InChI=1S/C30H26O15/c31-12-3-1-10(2-4-12)13-7-19(35)42-9-18-23(37)25(39)27(41)30(44-18)43-17-6-11(5-16(34)22(17)36)28-26(40)24(38)21-15(33)8-14(32)20(13)29(21)45-28/h1-6,8,13,18,23,25,27,30-34,36-37,39-41H,7,9H2/t13-,18+,23+,25-,27+,30+/m1/s1. The monoisotopic (exact) mass is 626 g/mol. The first kappa shape index (κ1) is 29.8. The van der Waals surface area contributed by atoms with Crippen LogP contribution in [-0.2, 0) is 14.3 Å². The van der Waals surface area contributed by atoms with Gasteiger partial charge in [0.15, 0.2) is 17.3 Å². The van der Waals surface area contributed by atoms with Crippen LogP contribution >= 0.6 is 0 Å². The van der Waals surface area contributed by atoms with Crippen molar-refractivity contribution in [1.82, 2.24) is 0 Å². The average molecular weight is 627 g/mol. The summed E-state index contributed by atoms with van der Waals surface area (Å²) in [4.78, 5) is 26.7. The molecule has 2 aliphatic rings. The summed E-state index contributed by atoms with van der Waals surface area (Å²) in [5, 5.41) is 94.4. The zero-order chi connectivity index (χ0) is 32.3. The van der Waals surface area contributed by atoms with Gasteiger partial charge in [-0.05, 0) is 29.8 Å². The van der Waals surface area contributed by atoms with Gasteiger partial charge in [0.25, 0.3) is 0 Å². The summed E-state index contributed by atoms with van der Waals surface area (Å²) in [6.45, 7) is -0.668. The number of phenolic OH excluding ortho intramolecular Hbond substituents is 5. The van der Waals surface area contributed by atoms with Crippen molar-refractivity contribution in [3.63, 3.8) is 0 Å². The molecule has 0 saturated carbocycles. The molecule has 1 fully saturated rings. The van der Waals surface area contributed by atoms with Gasteiger partial charge in [-0.1, -0.05) is 12.1 Å². The fourth-order valence-corrected chi connectivity index (χ4v) is 5.46. The van der Waals surface area contributed by atoms with E-state index in [-0.39, 0.29) is 16.9 Å². The maximum Gasteiger partial charge on any atom is 0.306 e. The predicted octanol–water partition coefficient (Wildman–Crippen LogP) is 0.959. The highest BCUT2D eigenvalue weighted by Gasteiger charge is 2.46. The second-order valence-corrected chi connectivity index (χ2v) is 10.6. The van der Waals surface area contributed by atoms with Crippen molar-refractivity contribution in [2.45, 2.75) is 43.0 Å². The third kappa shape index (κ3) is 5.06. The maximum atomic E-state index is 13.4. The SMILES string of the molecule is O=C1C[C@H](c2ccc(O)cc2)c2c(O)cc(O)c3c(=O)c(O)c(oc23)-c2cc(O)c(O)c(c2)O[C@H]2O[C@@H](CO1)[C@H](O)[C@@H](O)[C@@H]2O. The second kappa shape index (κ2) is 11.0. The highest BCUT2D eigenvalue weighted by atomic mass is 16.7. The third-order valence-electron chi connectivity index (χ3n) is 7.79. The Kier molecular flexibility index (Phi) is 7.33. The highest BCUT2D eigenvalue weighted by Crippen LogP contribution is 2.47. The fraction of sp³-hybridized carbons (Fsp3) is 0.267. The van der Waals surface area contributed by atoms with E-state index in [9.17, 15) is 55.5 Å². The molecule has 236 valence electrons. The molecule has 6 bridgehead atoms.